The van der Waals surface area contributed by atoms with Crippen LogP contribution in [0.25, 0.3) is 0 Å². The van der Waals surface area contributed by atoms with Crippen LogP contribution in [0.15, 0.2) is 24.3 Å². The fourth-order valence-electron chi connectivity index (χ4n) is 2.15. The predicted molar refractivity (Wildman–Crippen MR) is 68.6 cm³/mol. The summed E-state index contributed by atoms with van der Waals surface area (Å²) in [4.78, 5) is 13.7. The SMILES string of the molecule is CC1CCN(C(=O)NCc2cccc(F)c2)CC1. The van der Waals surface area contributed by atoms with Crippen LogP contribution in [0.5, 0.6) is 0 Å². The molecule has 0 radical (unpaired) electrons. The number of hydrogen-bond donors (Lipinski definition) is 1. The molecule has 0 spiro atoms. The highest BCUT2D eigenvalue weighted by Gasteiger charge is 2.19. The summed E-state index contributed by atoms with van der Waals surface area (Å²) in [7, 11) is 0. The highest BCUT2D eigenvalue weighted by molar-refractivity contribution is 5.74. The molecule has 1 aliphatic heterocycles. The molecule has 0 aliphatic carbocycles. The van der Waals surface area contributed by atoms with Gasteiger partial charge in [0.05, 0.1) is 0 Å². The molecule has 1 fully saturated rings. The lowest BCUT2D eigenvalue weighted by molar-refractivity contribution is 0.173. The van der Waals surface area contributed by atoms with E-state index in [1.54, 1.807) is 6.07 Å². The van der Waals surface area contributed by atoms with E-state index in [-0.39, 0.29) is 11.8 Å². The summed E-state index contributed by atoms with van der Waals surface area (Å²) in [6, 6.07) is 6.25. The molecule has 0 unspecified atom stereocenters. The largest absolute Gasteiger partial charge is 0.334 e. The summed E-state index contributed by atoms with van der Waals surface area (Å²) >= 11 is 0. The summed E-state index contributed by atoms with van der Waals surface area (Å²) < 4.78 is 13.0. The fraction of sp³-hybridized carbons (Fsp3) is 0.500. The lowest BCUT2D eigenvalue weighted by Gasteiger charge is -2.30. The van der Waals surface area contributed by atoms with Crippen molar-refractivity contribution in [3.63, 3.8) is 0 Å². The minimum absolute atomic E-state index is 0.0499. The zero-order valence-electron chi connectivity index (χ0n) is 10.7. The molecule has 0 saturated carbocycles. The van der Waals surface area contributed by atoms with E-state index in [1.807, 2.05) is 11.0 Å². The number of hydrogen-bond acceptors (Lipinski definition) is 1. The maximum Gasteiger partial charge on any atom is 0.317 e. The highest BCUT2D eigenvalue weighted by atomic mass is 19.1. The van der Waals surface area contributed by atoms with Crippen LogP contribution in [0.2, 0.25) is 0 Å². The number of benzene rings is 1. The Hall–Kier alpha value is -1.58. The standard InChI is InChI=1S/C14H19FN2O/c1-11-5-7-17(8-6-11)14(18)16-10-12-3-2-4-13(15)9-12/h2-4,9,11H,5-8,10H2,1H3,(H,16,18). The number of nitrogens with zero attached hydrogens (tertiary/aromatic N) is 1. The van der Waals surface area contributed by atoms with Crippen molar-refractivity contribution in [2.24, 2.45) is 5.92 Å². The lowest BCUT2D eigenvalue weighted by atomic mass is 10.00. The zero-order chi connectivity index (χ0) is 13.0. The van der Waals surface area contributed by atoms with Gasteiger partial charge in [0.1, 0.15) is 5.82 Å². The average Bonchev–Trinajstić information content (AvgIpc) is 2.37. The zero-order valence-corrected chi connectivity index (χ0v) is 10.7. The van der Waals surface area contributed by atoms with E-state index in [9.17, 15) is 9.18 Å². The van der Waals surface area contributed by atoms with E-state index in [0.717, 1.165) is 31.5 Å². The van der Waals surface area contributed by atoms with Gasteiger partial charge in [-0.2, -0.15) is 0 Å². The third kappa shape index (κ3) is 3.45. The van der Waals surface area contributed by atoms with Gasteiger partial charge >= 0.3 is 6.03 Å². The molecule has 3 nitrogen and oxygen atoms in total. The topological polar surface area (TPSA) is 32.3 Å². The first kappa shape index (κ1) is 12.9. The van der Waals surface area contributed by atoms with Crippen LogP contribution in [0, 0.1) is 11.7 Å². The Morgan fingerprint density at radius 2 is 2.17 bits per heavy atom. The van der Waals surface area contributed by atoms with Crippen molar-refractivity contribution in [1.82, 2.24) is 10.2 Å². The Kier molecular flexibility index (Phi) is 4.18. The molecule has 18 heavy (non-hydrogen) atoms. The Morgan fingerprint density at radius 3 is 2.83 bits per heavy atom. The van der Waals surface area contributed by atoms with E-state index in [2.05, 4.69) is 12.2 Å². The van der Waals surface area contributed by atoms with Gasteiger partial charge in [-0.25, -0.2) is 9.18 Å². The van der Waals surface area contributed by atoms with Crippen molar-refractivity contribution < 1.29 is 9.18 Å². The Morgan fingerprint density at radius 1 is 1.44 bits per heavy atom. The minimum Gasteiger partial charge on any atom is -0.334 e. The smallest absolute Gasteiger partial charge is 0.317 e. The summed E-state index contributed by atoms with van der Waals surface area (Å²) in [6.07, 6.45) is 2.13. The van der Waals surface area contributed by atoms with Gasteiger partial charge in [0.25, 0.3) is 0 Å². The summed E-state index contributed by atoms with van der Waals surface area (Å²) in [5, 5.41) is 2.83. The van der Waals surface area contributed by atoms with Crippen LogP contribution < -0.4 is 5.32 Å². The summed E-state index contributed by atoms with van der Waals surface area (Å²) in [6.45, 7) is 4.22. The molecule has 1 aromatic rings. The first-order valence-electron chi connectivity index (χ1n) is 6.42. The van der Waals surface area contributed by atoms with Crippen molar-refractivity contribution in [3.8, 4) is 0 Å². The summed E-state index contributed by atoms with van der Waals surface area (Å²) in [5.74, 6) is 0.436. The molecular weight excluding hydrogens is 231 g/mol. The number of carbonyl (C=O) groups excluding carboxylic acids is 1. The molecule has 0 bridgehead atoms. The number of likely N-dealkylation sites (tertiary alicyclic amines) is 1. The normalized spacial score (nSPS) is 16.7. The molecule has 0 atom stereocenters. The number of piperidine rings is 1. The van der Waals surface area contributed by atoms with E-state index in [0.29, 0.717) is 12.5 Å². The molecule has 1 N–H and O–H groups in total. The van der Waals surface area contributed by atoms with E-state index < -0.39 is 0 Å². The second-order valence-electron chi connectivity index (χ2n) is 4.96. The summed E-state index contributed by atoms with van der Waals surface area (Å²) in [5.41, 5.74) is 0.786. The number of rotatable bonds is 2. The van der Waals surface area contributed by atoms with Crippen molar-refractivity contribution >= 4 is 6.03 Å². The van der Waals surface area contributed by atoms with Crippen molar-refractivity contribution in [3.05, 3.63) is 35.6 Å². The average molecular weight is 250 g/mol. The van der Waals surface area contributed by atoms with Gasteiger partial charge in [0.15, 0.2) is 0 Å². The first-order chi connectivity index (χ1) is 8.65. The molecule has 1 heterocycles. The predicted octanol–water partition coefficient (Wildman–Crippen LogP) is 2.77. The van der Waals surface area contributed by atoms with Crippen LogP contribution in [0.4, 0.5) is 9.18 Å². The van der Waals surface area contributed by atoms with E-state index >= 15 is 0 Å². The van der Waals surface area contributed by atoms with Crippen LogP contribution in [-0.4, -0.2) is 24.0 Å². The lowest BCUT2D eigenvalue weighted by Crippen LogP contribution is -2.43. The van der Waals surface area contributed by atoms with Crippen molar-refractivity contribution in [2.75, 3.05) is 13.1 Å². The number of nitrogens with one attached hydrogen (secondary N) is 1. The monoisotopic (exact) mass is 250 g/mol. The van der Waals surface area contributed by atoms with Crippen LogP contribution >= 0.6 is 0 Å². The molecule has 1 aliphatic rings. The molecule has 2 amide bonds. The third-order valence-corrected chi connectivity index (χ3v) is 3.40. The second kappa shape index (κ2) is 5.85. The molecule has 98 valence electrons. The molecule has 4 heteroatoms. The van der Waals surface area contributed by atoms with Crippen molar-refractivity contribution in [2.45, 2.75) is 26.3 Å². The van der Waals surface area contributed by atoms with Gasteiger partial charge < -0.3 is 10.2 Å². The Balaban J connectivity index is 1.81. The maximum absolute atomic E-state index is 13.0. The van der Waals surface area contributed by atoms with Crippen molar-refractivity contribution in [1.29, 1.82) is 0 Å². The minimum atomic E-state index is -0.270. The van der Waals surface area contributed by atoms with Gasteiger partial charge in [0.2, 0.25) is 0 Å². The maximum atomic E-state index is 13.0. The number of amides is 2. The number of carbonyl (C=O) groups is 1. The number of urea groups is 1. The van der Waals surface area contributed by atoms with Crippen LogP contribution in [-0.2, 0) is 6.54 Å². The Labute approximate surface area is 107 Å². The second-order valence-corrected chi connectivity index (χ2v) is 4.96. The molecule has 2 rings (SSSR count). The van der Waals surface area contributed by atoms with E-state index in [4.69, 9.17) is 0 Å². The molecular formula is C14H19FN2O. The van der Waals surface area contributed by atoms with Gasteiger partial charge in [-0.3, -0.25) is 0 Å². The molecule has 1 aromatic carbocycles. The van der Waals surface area contributed by atoms with E-state index in [1.165, 1.54) is 12.1 Å². The Bertz CT molecular complexity index is 414. The van der Waals surface area contributed by atoms with Crippen LogP contribution in [0.3, 0.4) is 0 Å². The van der Waals surface area contributed by atoms with Gasteiger partial charge in [-0.1, -0.05) is 19.1 Å². The van der Waals surface area contributed by atoms with Gasteiger partial charge in [-0.05, 0) is 36.5 Å². The molecule has 1 saturated heterocycles. The quantitative estimate of drug-likeness (QED) is 0.860. The van der Waals surface area contributed by atoms with Gasteiger partial charge in [0, 0.05) is 19.6 Å². The van der Waals surface area contributed by atoms with Gasteiger partial charge in [-0.15, -0.1) is 0 Å². The van der Waals surface area contributed by atoms with Crippen LogP contribution in [0.1, 0.15) is 25.3 Å². The highest BCUT2D eigenvalue weighted by Crippen LogP contribution is 2.15. The third-order valence-electron chi connectivity index (χ3n) is 3.40. The molecule has 0 aromatic heterocycles. The first-order valence-corrected chi connectivity index (χ1v) is 6.42. The fourth-order valence-corrected chi connectivity index (χ4v) is 2.15. The number of halogens is 1.